The van der Waals surface area contributed by atoms with Gasteiger partial charge in [0.2, 0.25) is 0 Å². The fourth-order valence-corrected chi connectivity index (χ4v) is 7.19. The first-order valence-electron chi connectivity index (χ1n) is 15.3. The van der Waals surface area contributed by atoms with Crippen LogP contribution in [0.3, 0.4) is 0 Å². The van der Waals surface area contributed by atoms with Gasteiger partial charge in [-0.25, -0.2) is 19.2 Å². The molecule has 0 radical (unpaired) electrons. The summed E-state index contributed by atoms with van der Waals surface area (Å²) in [6.07, 6.45) is 10.3. The molecule has 7 rings (SSSR count). The van der Waals surface area contributed by atoms with E-state index in [0.717, 1.165) is 72.0 Å². The third-order valence-corrected chi connectivity index (χ3v) is 9.72. The quantitative estimate of drug-likeness (QED) is 0.241. The number of aromatic nitrogens is 4. The van der Waals surface area contributed by atoms with Crippen molar-refractivity contribution in [1.82, 2.24) is 19.6 Å². The number of hydrogen-bond acceptors (Lipinski definition) is 7. The van der Waals surface area contributed by atoms with Crippen LogP contribution in [0.2, 0.25) is 0 Å². The van der Waals surface area contributed by atoms with Gasteiger partial charge in [-0.05, 0) is 88.5 Å². The second-order valence-corrected chi connectivity index (χ2v) is 14.5. The Balaban J connectivity index is 1.50. The molecule has 3 aliphatic rings. The van der Waals surface area contributed by atoms with Crippen LogP contribution in [0.5, 0.6) is 0 Å². The molecule has 3 aliphatic heterocycles. The molecule has 8 nitrogen and oxygen atoms in total. The number of hydrogen-bond donors (Lipinski definition) is 1. The predicted octanol–water partition coefficient (Wildman–Crippen LogP) is 7.33. The lowest BCUT2D eigenvalue weighted by Gasteiger charge is -2.41. The third kappa shape index (κ3) is 6.28. The van der Waals surface area contributed by atoms with E-state index in [1.165, 1.54) is 6.07 Å². The predicted molar refractivity (Wildman–Crippen MR) is 171 cm³/mol. The molecule has 6 heterocycles. The number of nitrogens with zero attached hydrogens (tertiary/aromatic N) is 5. The molecule has 0 amide bonds. The summed E-state index contributed by atoms with van der Waals surface area (Å²) >= 11 is 1.56. The second kappa shape index (κ2) is 11.7. The van der Waals surface area contributed by atoms with E-state index >= 15 is 0 Å². The molecule has 1 N–H and O–H groups in total. The lowest BCUT2D eigenvalue weighted by atomic mass is 9.77. The maximum atomic E-state index is 14.2. The van der Waals surface area contributed by atoms with Gasteiger partial charge in [0.1, 0.15) is 22.3 Å². The molecule has 10 heteroatoms. The molecule has 1 atom stereocenters. The number of carboxylic acids is 1. The van der Waals surface area contributed by atoms with Crippen LogP contribution in [0, 0.1) is 18.2 Å². The number of rotatable bonds is 3. The highest BCUT2D eigenvalue weighted by Gasteiger charge is 2.37. The first-order valence-corrected chi connectivity index (χ1v) is 16.1. The van der Waals surface area contributed by atoms with Crippen molar-refractivity contribution in [3.8, 4) is 10.7 Å². The van der Waals surface area contributed by atoms with Crippen LogP contribution in [-0.2, 0) is 22.4 Å². The van der Waals surface area contributed by atoms with Crippen molar-refractivity contribution in [3.63, 3.8) is 0 Å². The van der Waals surface area contributed by atoms with Crippen LogP contribution < -0.4 is 4.90 Å². The molecule has 232 valence electrons. The van der Waals surface area contributed by atoms with Crippen LogP contribution in [0.15, 0.2) is 42.6 Å². The van der Waals surface area contributed by atoms with Crippen molar-refractivity contribution < 1.29 is 19.0 Å². The molecule has 1 saturated heterocycles. The Labute approximate surface area is 261 Å². The Morgan fingerprint density at radius 1 is 1.16 bits per heavy atom. The molecule has 1 unspecified atom stereocenters. The zero-order valence-electron chi connectivity index (χ0n) is 26.1. The lowest BCUT2D eigenvalue weighted by Crippen LogP contribution is -2.41. The number of carboxylic acid groups (broad SMARTS) is 1. The molecule has 6 bridgehead atoms. The van der Waals surface area contributed by atoms with Crippen LogP contribution in [0.4, 0.5) is 10.2 Å². The number of halogens is 1. The van der Waals surface area contributed by atoms with Gasteiger partial charge in [0.25, 0.3) is 0 Å². The average molecular weight is 618 g/mol. The minimum atomic E-state index is -1.20. The molecular formula is C34H40FN5O3S. The Kier molecular flexibility index (Phi) is 8.09. The van der Waals surface area contributed by atoms with Crippen LogP contribution in [-0.4, -0.2) is 49.3 Å². The van der Waals surface area contributed by atoms with Gasteiger partial charge in [0.05, 0.1) is 11.2 Å². The van der Waals surface area contributed by atoms with Gasteiger partial charge >= 0.3 is 5.97 Å². The van der Waals surface area contributed by atoms with E-state index in [4.69, 9.17) is 19.8 Å². The molecular weight excluding hydrogens is 577 g/mol. The number of ether oxygens (including phenoxy) is 1. The van der Waals surface area contributed by atoms with Crippen LogP contribution in [0.1, 0.15) is 86.7 Å². The highest BCUT2D eigenvalue weighted by molar-refractivity contribution is 7.15. The molecule has 3 aromatic heterocycles. The summed E-state index contributed by atoms with van der Waals surface area (Å²) in [6, 6.07) is 6.99. The minimum absolute atomic E-state index is 0.113. The Morgan fingerprint density at radius 2 is 1.93 bits per heavy atom. The van der Waals surface area contributed by atoms with Gasteiger partial charge in [0.15, 0.2) is 11.8 Å². The Hall–Kier alpha value is -3.63. The minimum Gasteiger partial charge on any atom is -0.479 e. The van der Waals surface area contributed by atoms with Crippen molar-refractivity contribution in [2.24, 2.45) is 5.41 Å². The summed E-state index contributed by atoms with van der Waals surface area (Å²) in [5.41, 5.74) is 4.01. The smallest absolute Gasteiger partial charge is 0.337 e. The van der Waals surface area contributed by atoms with Gasteiger partial charge in [-0.3, -0.25) is 0 Å². The largest absolute Gasteiger partial charge is 0.479 e. The average Bonchev–Trinajstić information content (AvgIpc) is 3.59. The Bertz CT molecular complexity index is 1730. The summed E-state index contributed by atoms with van der Waals surface area (Å²) in [5.74, 6) is -0.547. The van der Waals surface area contributed by atoms with E-state index in [-0.39, 0.29) is 11.2 Å². The van der Waals surface area contributed by atoms with Gasteiger partial charge < -0.3 is 14.7 Å². The van der Waals surface area contributed by atoms with E-state index in [2.05, 4.69) is 24.0 Å². The summed E-state index contributed by atoms with van der Waals surface area (Å²) in [7, 11) is 0. The Morgan fingerprint density at radius 3 is 2.66 bits per heavy atom. The number of aryl methyl sites for hydroxylation is 2. The number of aliphatic carboxylic acids is 1. The topological polar surface area (TPSA) is 92.8 Å². The van der Waals surface area contributed by atoms with Gasteiger partial charge in [-0.1, -0.05) is 25.1 Å². The lowest BCUT2D eigenvalue weighted by molar-refractivity contribution is -0.160. The van der Waals surface area contributed by atoms with E-state index in [0.29, 0.717) is 29.0 Å². The molecule has 0 aliphatic carbocycles. The SMILES string of the molecule is Cc1nc2cc3nn2c(c1C(OC(C)(C)C)C(=O)O)N1CCC(C)(CC=CCCc2cc(F)ccc2Cc2cnc-3s2)CC1. The van der Waals surface area contributed by atoms with Crippen molar-refractivity contribution in [3.05, 3.63) is 75.7 Å². The normalized spacial score (nSPS) is 17.7. The third-order valence-electron chi connectivity index (χ3n) is 8.70. The molecule has 1 aromatic carbocycles. The number of benzene rings is 1. The zero-order valence-corrected chi connectivity index (χ0v) is 26.9. The van der Waals surface area contributed by atoms with Gasteiger partial charge in [-0.2, -0.15) is 9.61 Å². The van der Waals surface area contributed by atoms with Gasteiger partial charge in [-0.15, -0.1) is 11.3 Å². The first-order chi connectivity index (χ1) is 20.9. The van der Waals surface area contributed by atoms with Crippen molar-refractivity contribution >= 4 is 28.8 Å². The van der Waals surface area contributed by atoms with Crippen LogP contribution >= 0.6 is 11.3 Å². The molecule has 0 saturated carbocycles. The summed E-state index contributed by atoms with van der Waals surface area (Å²) in [5, 5.41) is 16.2. The summed E-state index contributed by atoms with van der Waals surface area (Å²) in [4.78, 5) is 25.6. The van der Waals surface area contributed by atoms with Crippen molar-refractivity contribution in [2.75, 3.05) is 18.0 Å². The van der Waals surface area contributed by atoms with Crippen molar-refractivity contribution in [1.29, 1.82) is 0 Å². The molecule has 1 fully saturated rings. The number of fused-ring (bicyclic) bond motifs is 5. The fourth-order valence-electron chi connectivity index (χ4n) is 6.30. The standard InChI is InChI=1S/C34H40FN5O3S/c1-21-28(29(32(41)42)43-33(2,3)4)31-39-15-13-34(5,14-16-39)12-8-6-7-9-22-17-24(35)11-10-23(22)18-25-20-36-30(44-25)26-19-27(37-21)40(31)38-26/h6,8,10-11,17,19-20,29H,7,9,12-16,18H2,1-5H3,(H,41,42). The number of piperidine rings is 1. The number of thiazole rings is 1. The molecule has 4 aromatic rings. The van der Waals surface area contributed by atoms with E-state index in [9.17, 15) is 14.3 Å². The summed E-state index contributed by atoms with van der Waals surface area (Å²) in [6.45, 7) is 11.3. The monoisotopic (exact) mass is 617 g/mol. The maximum absolute atomic E-state index is 14.2. The summed E-state index contributed by atoms with van der Waals surface area (Å²) < 4.78 is 22.2. The highest BCUT2D eigenvalue weighted by atomic mass is 32.1. The molecule has 0 spiro atoms. The number of allylic oxidation sites excluding steroid dienone is 2. The number of carbonyl (C=O) groups is 1. The second-order valence-electron chi connectivity index (χ2n) is 13.4. The number of anilines is 1. The fraction of sp³-hybridized carbons (Fsp3) is 0.471. The zero-order chi connectivity index (χ0) is 31.2. The first kappa shape index (κ1) is 30.4. The van der Waals surface area contributed by atoms with E-state index in [1.807, 2.05) is 46.0 Å². The molecule has 44 heavy (non-hydrogen) atoms. The van der Waals surface area contributed by atoms with E-state index in [1.54, 1.807) is 21.9 Å². The van der Waals surface area contributed by atoms with Crippen LogP contribution in [0.25, 0.3) is 16.3 Å². The van der Waals surface area contributed by atoms with Gasteiger partial charge in [0, 0.05) is 42.3 Å². The highest BCUT2D eigenvalue weighted by Crippen LogP contribution is 2.41. The van der Waals surface area contributed by atoms with Crippen molar-refractivity contribution in [2.45, 2.75) is 84.8 Å². The van der Waals surface area contributed by atoms with E-state index < -0.39 is 17.7 Å². The maximum Gasteiger partial charge on any atom is 0.337 e.